The maximum atomic E-state index is 11.6. The summed E-state index contributed by atoms with van der Waals surface area (Å²) in [5, 5.41) is 0. The Labute approximate surface area is 95.6 Å². The van der Waals surface area contributed by atoms with Crippen molar-refractivity contribution in [2.24, 2.45) is 5.92 Å². The number of aryl methyl sites for hydroxylation is 1. The fourth-order valence-electron chi connectivity index (χ4n) is 2.77. The van der Waals surface area contributed by atoms with E-state index in [0.717, 1.165) is 12.8 Å². The monoisotopic (exact) mass is 213 g/mol. The van der Waals surface area contributed by atoms with Gasteiger partial charge < -0.3 is 4.90 Å². The van der Waals surface area contributed by atoms with Crippen LogP contribution in [-0.2, 0) is 11.2 Å². The van der Waals surface area contributed by atoms with E-state index in [2.05, 4.69) is 29.2 Å². The molecule has 2 atom stereocenters. The Morgan fingerprint density at radius 3 is 3.00 bits per heavy atom. The fourth-order valence-corrected chi connectivity index (χ4v) is 2.77. The molecule has 0 aromatic heterocycles. The highest BCUT2D eigenvalue weighted by Gasteiger charge is 2.34. The van der Waals surface area contributed by atoms with Crippen LogP contribution in [0, 0.1) is 5.92 Å². The van der Waals surface area contributed by atoms with Crippen molar-refractivity contribution in [2.75, 3.05) is 4.90 Å². The van der Waals surface area contributed by atoms with Crippen molar-refractivity contribution in [3.05, 3.63) is 42.1 Å². The maximum Gasteiger partial charge on any atom is 0.162 e. The van der Waals surface area contributed by atoms with Crippen LogP contribution in [0.1, 0.15) is 18.9 Å². The van der Waals surface area contributed by atoms with Gasteiger partial charge in [0.05, 0.1) is 0 Å². The molecule has 0 spiro atoms. The van der Waals surface area contributed by atoms with Gasteiger partial charge in [-0.3, -0.25) is 4.79 Å². The third-order valence-electron chi connectivity index (χ3n) is 3.76. The van der Waals surface area contributed by atoms with Crippen molar-refractivity contribution in [1.82, 2.24) is 0 Å². The topological polar surface area (TPSA) is 20.3 Å². The molecule has 82 valence electrons. The van der Waals surface area contributed by atoms with Gasteiger partial charge in [-0.1, -0.05) is 25.1 Å². The summed E-state index contributed by atoms with van der Waals surface area (Å²) in [7, 11) is 0. The van der Waals surface area contributed by atoms with Crippen LogP contribution < -0.4 is 4.90 Å². The normalized spacial score (nSPS) is 27.6. The Hall–Kier alpha value is -1.57. The van der Waals surface area contributed by atoms with Gasteiger partial charge >= 0.3 is 0 Å². The summed E-state index contributed by atoms with van der Waals surface area (Å²) >= 11 is 0. The number of nitrogens with zero attached hydrogens (tertiary/aromatic N) is 1. The summed E-state index contributed by atoms with van der Waals surface area (Å²) in [6.45, 7) is 2.04. The van der Waals surface area contributed by atoms with Crippen LogP contribution in [0.2, 0.25) is 0 Å². The van der Waals surface area contributed by atoms with Crippen molar-refractivity contribution in [1.29, 1.82) is 0 Å². The van der Waals surface area contributed by atoms with Gasteiger partial charge in [-0.05, 0) is 30.5 Å². The smallest absolute Gasteiger partial charge is 0.162 e. The lowest BCUT2D eigenvalue weighted by Crippen LogP contribution is -2.45. The van der Waals surface area contributed by atoms with E-state index in [1.165, 1.54) is 11.3 Å². The second kappa shape index (κ2) is 3.48. The summed E-state index contributed by atoms with van der Waals surface area (Å²) in [5.41, 5.74) is 2.67. The first-order valence-electron chi connectivity index (χ1n) is 5.85. The van der Waals surface area contributed by atoms with Gasteiger partial charge in [0, 0.05) is 23.8 Å². The van der Waals surface area contributed by atoms with Crippen LogP contribution >= 0.6 is 0 Å². The zero-order valence-electron chi connectivity index (χ0n) is 9.39. The Morgan fingerprint density at radius 2 is 2.12 bits per heavy atom. The minimum absolute atomic E-state index is 0.123. The molecule has 2 nitrogen and oxygen atoms in total. The predicted molar refractivity (Wildman–Crippen MR) is 64.3 cm³/mol. The highest BCUT2D eigenvalue weighted by molar-refractivity contribution is 5.94. The van der Waals surface area contributed by atoms with E-state index in [4.69, 9.17) is 0 Å². The van der Waals surface area contributed by atoms with Gasteiger partial charge in [0.25, 0.3) is 0 Å². The molecule has 2 heterocycles. The highest BCUT2D eigenvalue weighted by atomic mass is 16.1. The molecule has 2 aliphatic rings. The molecular weight excluding hydrogens is 198 g/mol. The quantitative estimate of drug-likeness (QED) is 0.660. The van der Waals surface area contributed by atoms with E-state index in [-0.39, 0.29) is 11.7 Å². The van der Waals surface area contributed by atoms with Gasteiger partial charge in [-0.2, -0.15) is 0 Å². The van der Waals surface area contributed by atoms with E-state index < -0.39 is 0 Å². The number of benzene rings is 1. The Morgan fingerprint density at radius 1 is 1.31 bits per heavy atom. The molecule has 0 aliphatic carbocycles. The Kier molecular flexibility index (Phi) is 2.10. The van der Waals surface area contributed by atoms with E-state index in [1.54, 1.807) is 6.08 Å². The minimum atomic E-state index is 0.123. The van der Waals surface area contributed by atoms with Gasteiger partial charge in [0.15, 0.2) is 5.78 Å². The summed E-state index contributed by atoms with van der Waals surface area (Å²) in [4.78, 5) is 13.9. The van der Waals surface area contributed by atoms with Gasteiger partial charge in [-0.15, -0.1) is 0 Å². The molecule has 0 amide bonds. The van der Waals surface area contributed by atoms with Gasteiger partial charge in [0.2, 0.25) is 0 Å². The average Bonchev–Trinajstić information content (AvgIpc) is 2.33. The fraction of sp³-hybridized carbons (Fsp3) is 0.357. The van der Waals surface area contributed by atoms with Gasteiger partial charge in [-0.25, -0.2) is 0 Å². The molecule has 1 unspecified atom stereocenters. The SMILES string of the molecule is C[C@H]1C(=O)C=CN2c3ccccc3CCC12. The number of para-hydroxylation sites is 1. The predicted octanol–water partition coefficient (Wildman–Crippen LogP) is 2.54. The van der Waals surface area contributed by atoms with Crippen molar-refractivity contribution >= 4 is 11.5 Å². The van der Waals surface area contributed by atoms with E-state index in [0.29, 0.717) is 6.04 Å². The van der Waals surface area contributed by atoms with Gasteiger partial charge in [0.1, 0.15) is 0 Å². The number of carbonyl (C=O) groups excluding carboxylic acids is 1. The third-order valence-corrected chi connectivity index (χ3v) is 3.76. The van der Waals surface area contributed by atoms with E-state index in [9.17, 15) is 4.79 Å². The molecule has 1 aromatic rings. The lowest BCUT2D eigenvalue weighted by molar-refractivity contribution is -0.118. The second-order valence-electron chi connectivity index (χ2n) is 4.65. The molecule has 0 saturated carbocycles. The number of fused-ring (bicyclic) bond motifs is 3. The number of anilines is 1. The first-order chi connectivity index (χ1) is 7.77. The molecule has 0 fully saturated rings. The summed E-state index contributed by atoms with van der Waals surface area (Å²) in [6.07, 6.45) is 5.82. The number of rotatable bonds is 0. The van der Waals surface area contributed by atoms with Crippen LogP contribution in [0.3, 0.4) is 0 Å². The van der Waals surface area contributed by atoms with E-state index in [1.807, 2.05) is 13.1 Å². The lowest BCUT2D eigenvalue weighted by atomic mass is 9.84. The highest BCUT2D eigenvalue weighted by Crippen LogP contribution is 2.35. The third kappa shape index (κ3) is 1.29. The van der Waals surface area contributed by atoms with Crippen LogP contribution in [0.25, 0.3) is 0 Å². The average molecular weight is 213 g/mol. The summed E-state index contributed by atoms with van der Waals surface area (Å²) in [5.74, 6) is 0.388. The number of hydrogen-bond acceptors (Lipinski definition) is 2. The first kappa shape index (κ1) is 9.64. The lowest BCUT2D eigenvalue weighted by Gasteiger charge is -2.41. The number of allylic oxidation sites excluding steroid dienone is 1. The molecule has 0 saturated heterocycles. The summed E-state index contributed by atoms with van der Waals surface area (Å²) < 4.78 is 0. The molecule has 2 aliphatic heterocycles. The molecule has 1 aromatic carbocycles. The van der Waals surface area contributed by atoms with Crippen molar-refractivity contribution in [2.45, 2.75) is 25.8 Å². The Balaban J connectivity index is 2.08. The Bertz CT molecular complexity index is 464. The molecule has 16 heavy (non-hydrogen) atoms. The number of carbonyl (C=O) groups is 1. The van der Waals surface area contributed by atoms with Crippen LogP contribution in [0.15, 0.2) is 36.5 Å². The van der Waals surface area contributed by atoms with Crippen LogP contribution in [0.4, 0.5) is 5.69 Å². The van der Waals surface area contributed by atoms with Crippen LogP contribution in [-0.4, -0.2) is 11.8 Å². The molecule has 0 bridgehead atoms. The molecule has 3 rings (SSSR count). The molecular formula is C14H15NO. The second-order valence-corrected chi connectivity index (χ2v) is 4.65. The molecule has 0 N–H and O–H groups in total. The van der Waals surface area contributed by atoms with Crippen molar-refractivity contribution < 1.29 is 4.79 Å². The first-order valence-corrected chi connectivity index (χ1v) is 5.85. The zero-order chi connectivity index (χ0) is 11.1. The molecule has 0 radical (unpaired) electrons. The van der Waals surface area contributed by atoms with E-state index >= 15 is 0 Å². The minimum Gasteiger partial charge on any atom is -0.344 e. The standard InChI is InChI=1S/C14H15NO/c1-10-12-7-6-11-4-2-3-5-13(11)15(12)9-8-14(10)16/h2-5,8-10,12H,6-7H2,1H3/t10-,12?/m1/s1. The number of hydrogen-bond donors (Lipinski definition) is 0. The van der Waals surface area contributed by atoms with Crippen LogP contribution in [0.5, 0.6) is 0 Å². The van der Waals surface area contributed by atoms with Crippen molar-refractivity contribution in [3.63, 3.8) is 0 Å². The largest absolute Gasteiger partial charge is 0.344 e. The summed E-state index contributed by atoms with van der Waals surface area (Å²) in [6, 6.07) is 8.83. The van der Waals surface area contributed by atoms with Crippen molar-refractivity contribution in [3.8, 4) is 0 Å². The maximum absolute atomic E-state index is 11.6. The number of ketones is 1. The molecule has 2 heteroatoms. The zero-order valence-corrected chi connectivity index (χ0v) is 9.39.